The summed E-state index contributed by atoms with van der Waals surface area (Å²) in [5, 5.41) is 0. The summed E-state index contributed by atoms with van der Waals surface area (Å²) in [5.74, 6) is -0.0156. The highest BCUT2D eigenvalue weighted by molar-refractivity contribution is 7.88. The normalized spacial score (nSPS) is 21.3. The monoisotopic (exact) mass is 269 g/mol. The van der Waals surface area contributed by atoms with Crippen LogP contribution in [-0.2, 0) is 15.8 Å². The van der Waals surface area contributed by atoms with Crippen LogP contribution in [-0.4, -0.2) is 39.5 Å². The number of likely N-dealkylation sites (tertiary alicyclic amines) is 1. The molecule has 1 heterocycles. The summed E-state index contributed by atoms with van der Waals surface area (Å²) < 4.78 is 26.8. The molecule has 0 amide bonds. The van der Waals surface area contributed by atoms with E-state index in [1.165, 1.54) is 0 Å². The fraction of sp³-hybridized carbons (Fsp3) is 0.500. The third kappa shape index (κ3) is 3.69. The molecule has 0 saturated carbocycles. The van der Waals surface area contributed by atoms with Gasteiger partial charge in [0.2, 0.25) is 10.0 Å². The molecule has 18 heavy (non-hydrogen) atoms. The molecule has 1 saturated heterocycles. The topological polar surface area (TPSA) is 75.4 Å². The van der Waals surface area contributed by atoms with Crippen LogP contribution in [0.4, 0.5) is 5.69 Å². The van der Waals surface area contributed by atoms with Crippen LogP contribution in [0.1, 0.15) is 12.0 Å². The van der Waals surface area contributed by atoms with Crippen LogP contribution in [0.2, 0.25) is 0 Å². The van der Waals surface area contributed by atoms with Gasteiger partial charge in [-0.2, -0.15) is 0 Å². The van der Waals surface area contributed by atoms with E-state index in [1.807, 2.05) is 7.05 Å². The highest BCUT2D eigenvalue weighted by Crippen LogP contribution is 2.12. The second-order valence-corrected chi connectivity index (χ2v) is 6.62. The van der Waals surface area contributed by atoms with Crippen LogP contribution in [0, 0.1) is 0 Å². The first kappa shape index (κ1) is 13.3. The third-order valence-electron chi connectivity index (χ3n) is 3.05. The van der Waals surface area contributed by atoms with Crippen molar-refractivity contribution in [3.05, 3.63) is 29.8 Å². The van der Waals surface area contributed by atoms with Gasteiger partial charge in [0.25, 0.3) is 0 Å². The van der Waals surface area contributed by atoms with Crippen LogP contribution < -0.4 is 10.5 Å². The Morgan fingerprint density at radius 3 is 2.89 bits per heavy atom. The molecule has 0 aromatic heterocycles. The highest BCUT2D eigenvalue weighted by Gasteiger charge is 2.24. The minimum Gasteiger partial charge on any atom is -0.399 e. The van der Waals surface area contributed by atoms with Gasteiger partial charge in [-0.15, -0.1) is 0 Å². The Kier molecular flexibility index (Phi) is 3.89. The SMILES string of the molecule is CN1CCC(NS(=O)(=O)Cc2cccc(N)c2)C1. The van der Waals surface area contributed by atoms with Gasteiger partial charge in [-0.05, 0) is 37.7 Å². The van der Waals surface area contributed by atoms with E-state index in [2.05, 4.69) is 9.62 Å². The fourth-order valence-corrected chi connectivity index (χ4v) is 3.63. The van der Waals surface area contributed by atoms with Gasteiger partial charge in [0, 0.05) is 18.3 Å². The van der Waals surface area contributed by atoms with Gasteiger partial charge in [-0.25, -0.2) is 13.1 Å². The zero-order valence-electron chi connectivity index (χ0n) is 10.5. The first-order chi connectivity index (χ1) is 8.44. The number of benzene rings is 1. The van der Waals surface area contributed by atoms with Crippen molar-refractivity contribution in [3.63, 3.8) is 0 Å². The van der Waals surface area contributed by atoms with E-state index in [9.17, 15) is 8.42 Å². The van der Waals surface area contributed by atoms with Gasteiger partial charge >= 0.3 is 0 Å². The maximum atomic E-state index is 12.0. The molecule has 0 aliphatic carbocycles. The van der Waals surface area contributed by atoms with Crippen molar-refractivity contribution in [2.45, 2.75) is 18.2 Å². The summed E-state index contributed by atoms with van der Waals surface area (Å²) in [7, 11) is -1.30. The number of sulfonamides is 1. The molecule has 5 nitrogen and oxygen atoms in total. The maximum absolute atomic E-state index is 12.0. The summed E-state index contributed by atoms with van der Waals surface area (Å²) in [6, 6.07) is 7.01. The van der Waals surface area contributed by atoms with Gasteiger partial charge in [0.1, 0.15) is 0 Å². The minimum absolute atomic E-state index is 0.0156. The van der Waals surface area contributed by atoms with Crippen LogP contribution in [0.5, 0.6) is 0 Å². The third-order valence-corrected chi connectivity index (χ3v) is 4.45. The van der Waals surface area contributed by atoms with Crippen LogP contribution in [0.25, 0.3) is 0 Å². The molecule has 1 fully saturated rings. The van der Waals surface area contributed by atoms with Crippen molar-refractivity contribution < 1.29 is 8.42 Å². The molecule has 1 aromatic carbocycles. The molecule has 100 valence electrons. The molecule has 0 spiro atoms. The highest BCUT2D eigenvalue weighted by atomic mass is 32.2. The Balaban J connectivity index is 1.99. The Bertz CT molecular complexity index is 516. The lowest BCUT2D eigenvalue weighted by molar-refractivity contribution is 0.407. The molecule has 2 rings (SSSR count). The number of nitrogens with zero attached hydrogens (tertiary/aromatic N) is 1. The number of likely N-dealkylation sites (N-methyl/N-ethyl adjacent to an activating group) is 1. The van der Waals surface area contributed by atoms with E-state index in [0.29, 0.717) is 11.3 Å². The summed E-state index contributed by atoms with van der Waals surface area (Å²) in [4.78, 5) is 2.12. The molecule has 1 aliphatic rings. The summed E-state index contributed by atoms with van der Waals surface area (Å²) >= 11 is 0. The van der Waals surface area contributed by atoms with Crippen molar-refractivity contribution in [3.8, 4) is 0 Å². The number of nitrogens with two attached hydrogens (primary N) is 1. The molecule has 0 radical (unpaired) electrons. The zero-order valence-corrected chi connectivity index (χ0v) is 11.3. The second kappa shape index (κ2) is 5.26. The minimum atomic E-state index is -3.29. The smallest absolute Gasteiger partial charge is 0.216 e. The molecule has 1 aliphatic heterocycles. The van der Waals surface area contributed by atoms with Gasteiger partial charge in [-0.3, -0.25) is 0 Å². The van der Waals surface area contributed by atoms with E-state index in [-0.39, 0.29) is 11.8 Å². The maximum Gasteiger partial charge on any atom is 0.216 e. The van der Waals surface area contributed by atoms with Crippen molar-refractivity contribution >= 4 is 15.7 Å². The summed E-state index contributed by atoms with van der Waals surface area (Å²) in [6.45, 7) is 1.71. The Hall–Kier alpha value is -1.11. The predicted molar refractivity (Wildman–Crippen MR) is 72.5 cm³/mol. The molecular formula is C12H19N3O2S. The number of rotatable bonds is 4. The quantitative estimate of drug-likeness (QED) is 0.776. The lowest BCUT2D eigenvalue weighted by Crippen LogP contribution is -2.37. The molecular weight excluding hydrogens is 250 g/mol. The number of nitrogens with one attached hydrogen (secondary N) is 1. The number of hydrogen-bond donors (Lipinski definition) is 2. The lowest BCUT2D eigenvalue weighted by Gasteiger charge is -2.13. The summed E-state index contributed by atoms with van der Waals surface area (Å²) in [5.41, 5.74) is 6.94. The standard InChI is InChI=1S/C12H19N3O2S/c1-15-6-5-12(8-15)14-18(16,17)9-10-3-2-4-11(13)7-10/h2-4,7,12,14H,5-6,8-9,13H2,1H3. The first-order valence-electron chi connectivity index (χ1n) is 5.97. The van der Waals surface area contributed by atoms with E-state index in [0.717, 1.165) is 19.5 Å². The Morgan fingerprint density at radius 1 is 1.50 bits per heavy atom. The zero-order chi connectivity index (χ0) is 13.2. The number of anilines is 1. The molecule has 1 atom stereocenters. The second-order valence-electron chi connectivity index (χ2n) is 4.87. The number of hydrogen-bond acceptors (Lipinski definition) is 4. The van der Waals surface area contributed by atoms with Gasteiger partial charge in [-0.1, -0.05) is 12.1 Å². The van der Waals surface area contributed by atoms with Crippen LogP contribution >= 0.6 is 0 Å². The van der Waals surface area contributed by atoms with Gasteiger partial charge in [0.05, 0.1) is 5.75 Å². The van der Waals surface area contributed by atoms with Crippen molar-refractivity contribution in [1.29, 1.82) is 0 Å². The average Bonchev–Trinajstić information content (AvgIpc) is 2.62. The molecule has 3 N–H and O–H groups in total. The van der Waals surface area contributed by atoms with Crippen molar-refractivity contribution in [1.82, 2.24) is 9.62 Å². The van der Waals surface area contributed by atoms with Crippen molar-refractivity contribution in [2.24, 2.45) is 0 Å². The molecule has 0 bridgehead atoms. The largest absolute Gasteiger partial charge is 0.399 e. The molecule has 6 heteroatoms. The molecule has 1 aromatic rings. The Morgan fingerprint density at radius 2 is 2.28 bits per heavy atom. The predicted octanol–water partition coefficient (Wildman–Crippen LogP) is 0.392. The van der Waals surface area contributed by atoms with E-state index >= 15 is 0 Å². The van der Waals surface area contributed by atoms with Crippen molar-refractivity contribution in [2.75, 3.05) is 25.9 Å². The lowest BCUT2D eigenvalue weighted by atomic mass is 10.2. The number of nitrogen functional groups attached to an aromatic ring is 1. The van der Waals surface area contributed by atoms with Crippen LogP contribution in [0.3, 0.4) is 0 Å². The average molecular weight is 269 g/mol. The Labute approximate surface area is 108 Å². The first-order valence-corrected chi connectivity index (χ1v) is 7.63. The van der Waals surface area contributed by atoms with E-state index in [1.54, 1.807) is 24.3 Å². The summed E-state index contributed by atoms with van der Waals surface area (Å²) in [6.07, 6.45) is 0.868. The van der Waals surface area contributed by atoms with E-state index in [4.69, 9.17) is 5.73 Å². The van der Waals surface area contributed by atoms with Gasteiger partial charge in [0.15, 0.2) is 0 Å². The van der Waals surface area contributed by atoms with Gasteiger partial charge < -0.3 is 10.6 Å². The van der Waals surface area contributed by atoms with E-state index < -0.39 is 10.0 Å². The fourth-order valence-electron chi connectivity index (χ4n) is 2.23. The van der Waals surface area contributed by atoms with Crippen LogP contribution in [0.15, 0.2) is 24.3 Å². The molecule has 1 unspecified atom stereocenters.